The predicted octanol–water partition coefficient (Wildman–Crippen LogP) is 10.5. The summed E-state index contributed by atoms with van der Waals surface area (Å²) < 4.78 is 0. The molecule has 0 aliphatic rings. The minimum Gasteiger partial charge on any atom is -0.0654 e. The molecule has 34 heavy (non-hydrogen) atoms. The first kappa shape index (κ1) is 24.8. The van der Waals surface area contributed by atoms with Gasteiger partial charge in [-0.25, -0.2) is 0 Å². The normalized spacial score (nSPS) is 11.8. The number of aryl methyl sites for hydroxylation is 4. The van der Waals surface area contributed by atoms with E-state index in [1.54, 1.807) is 22.3 Å². The van der Waals surface area contributed by atoms with Gasteiger partial charge in [-0.05, 0) is 118 Å². The number of rotatable bonds is 12. The topological polar surface area (TPSA) is 0 Å². The van der Waals surface area contributed by atoms with Gasteiger partial charge in [0.05, 0.1) is 0 Å². The van der Waals surface area contributed by atoms with E-state index in [-0.39, 0.29) is 0 Å². The summed E-state index contributed by atoms with van der Waals surface area (Å²) in [4.78, 5) is 0. The van der Waals surface area contributed by atoms with Crippen molar-refractivity contribution in [2.24, 2.45) is 0 Å². The summed E-state index contributed by atoms with van der Waals surface area (Å²) in [5.41, 5.74) is 6.31. The molecule has 0 aliphatic carbocycles. The highest BCUT2D eigenvalue weighted by Gasteiger charge is 2.15. The molecule has 0 atom stereocenters. The Hall–Kier alpha value is -2.34. The van der Waals surface area contributed by atoms with Crippen LogP contribution in [0.15, 0.2) is 48.5 Å². The van der Waals surface area contributed by atoms with Crippen LogP contribution in [0.1, 0.15) is 101 Å². The molecule has 0 saturated heterocycles. The molecular formula is C34H44. The van der Waals surface area contributed by atoms with Gasteiger partial charge in [0.25, 0.3) is 0 Å². The average molecular weight is 453 g/mol. The minimum atomic E-state index is 1.17. The number of fused-ring (bicyclic) bond motifs is 3. The van der Waals surface area contributed by atoms with E-state index in [1.807, 2.05) is 0 Å². The molecule has 0 unspecified atom stereocenters. The van der Waals surface area contributed by atoms with Gasteiger partial charge >= 0.3 is 0 Å². The Morgan fingerprint density at radius 3 is 1.21 bits per heavy atom. The lowest BCUT2D eigenvalue weighted by Crippen LogP contribution is -1.99. The molecule has 4 aromatic rings. The Kier molecular flexibility index (Phi) is 8.65. The highest BCUT2D eigenvalue weighted by atomic mass is 14.2. The Balaban J connectivity index is 2.01. The monoisotopic (exact) mass is 452 g/mol. The van der Waals surface area contributed by atoms with Gasteiger partial charge in [0.1, 0.15) is 0 Å². The van der Waals surface area contributed by atoms with Crippen molar-refractivity contribution in [2.45, 2.75) is 105 Å². The summed E-state index contributed by atoms with van der Waals surface area (Å²) in [7, 11) is 0. The molecule has 0 bridgehead atoms. The van der Waals surface area contributed by atoms with Crippen LogP contribution in [-0.2, 0) is 25.7 Å². The minimum absolute atomic E-state index is 1.17. The molecule has 0 N–H and O–H groups in total. The van der Waals surface area contributed by atoms with E-state index in [9.17, 15) is 0 Å². The van der Waals surface area contributed by atoms with Crippen LogP contribution in [-0.4, -0.2) is 0 Å². The van der Waals surface area contributed by atoms with Crippen LogP contribution >= 0.6 is 0 Å². The lowest BCUT2D eigenvalue weighted by molar-refractivity contribution is 0.759. The molecule has 0 spiro atoms. The third-order valence-corrected chi connectivity index (χ3v) is 7.68. The number of hydrogen-bond acceptors (Lipinski definition) is 0. The highest BCUT2D eigenvalue weighted by Crippen LogP contribution is 2.38. The standard InChI is InChI=1S/C34H44/c1-5-9-15-25-21-27-23-33-31(17-11-7-3)29-19-13-14-20-30(29)32(18-12-8-4)34(33)24-28(27)22-26(25)16-10-6-2/h13-14,19-24H,5-12,15-18H2,1-4H3. The van der Waals surface area contributed by atoms with Gasteiger partial charge in [-0.2, -0.15) is 0 Å². The third kappa shape index (κ3) is 5.17. The smallest absolute Gasteiger partial charge is 0.0136 e. The van der Waals surface area contributed by atoms with Crippen LogP contribution in [0.5, 0.6) is 0 Å². The second-order valence-corrected chi connectivity index (χ2v) is 10.3. The maximum atomic E-state index is 2.55. The first-order chi connectivity index (χ1) is 16.7. The van der Waals surface area contributed by atoms with E-state index in [2.05, 4.69) is 76.2 Å². The molecule has 4 rings (SSSR count). The van der Waals surface area contributed by atoms with Gasteiger partial charge in [0.2, 0.25) is 0 Å². The number of benzene rings is 4. The van der Waals surface area contributed by atoms with Crippen molar-refractivity contribution in [1.82, 2.24) is 0 Å². The molecule has 0 heteroatoms. The van der Waals surface area contributed by atoms with E-state index < -0.39 is 0 Å². The van der Waals surface area contributed by atoms with Crippen molar-refractivity contribution in [3.8, 4) is 0 Å². The van der Waals surface area contributed by atoms with Gasteiger partial charge in [-0.3, -0.25) is 0 Å². The maximum absolute atomic E-state index is 2.55. The van der Waals surface area contributed by atoms with Gasteiger partial charge in [-0.1, -0.05) is 89.8 Å². The number of unbranched alkanes of at least 4 members (excludes halogenated alkanes) is 4. The van der Waals surface area contributed by atoms with Crippen molar-refractivity contribution in [2.75, 3.05) is 0 Å². The summed E-state index contributed by atoms with van der Waals surface area (Å²) in [5.74, 6) is 0. The van der Waals surface area contributed by atoms with Crippen LogP contribution in [0.4, 0.5) is 0 Å². The Labute approximate surface area is 207 Å². The van der Waals surface area contributed by atoms with Gasteiger partial charge in [0, 0.05) is 0 Å². The molecule has 0 nitrogen and oxygen atoms in total. The predicted molar refractivity (Wildman–Crippen MR) is 153 cm³/mol. The van der Waals surface area contributed by atoms with Crippen LogP contribution in [0, 0.1) is 0 Å². The van der Waals surface area contributed by atoms with E-state index >= 15 is 0 Å². The SMILES string of the molecule is CCCCc1cc2cc3c(CCCC)c4ccccc4c(CCCC)c3cc2cc1CCCC. The van der Waals surface area contributed by atoms with E-state index in [0.717, 1.165) is 0 Å². The summed E-state index contributed by atoms with van der Waals surface area (Å²) in [5, 5.41) is 8.86. The molecular weight excluding hydrogens is 408 g/mol. The maximum Gasteiger partial charge on any atom is -0.0136 e. The van der Waals surface area contributed by atoms with Gasteiger partial charge < -0.3 is 0 Å². The molecule has 4 aromatic carbocycles. The number of hydrogen-bond donors (Lipinski definition) is 0. The summed E-state index contributed by atoms with van der Waals surface area (Å²) >= 11 is 0. The van der Waals surface area contributed by atoms with Crippen LogP contribution in [0.25, 0.3) is 32.3 Å². The molecule has 0 radical (unpaired) electrons. The molecule has 0 amide bonds. The quantitative estimate of drug-likeness (QED) is 0.187. The average Bonchev–Trinajstić information content (AvgIpc) is 2.87. The van der Waals surface area contributed by atoms with Crippen LogP contribution in [0.2, 0.25) is 0 Å². The van der Waals surface area contributed by atoms with Crippen molar-refractivity contribution >= 4 is 32.3 Å². The lowest BCUT2D eigenvalue weighted by atomic mass is 9.85. The zero-order valence-electron chi connectivity index (χ0n) is 22.1. The molecule has 0 aromatic heterocycles. The van der Waals surface area contributed by atoms with Crippen molar-refractivity contribution in [3.05, 3.63) is 70.8 Å². The van der Waals surface area contributed by atoms with Crippen molar-refractivity contribution in [3.63, 3.8) is 0 Å². The van der Waals surface area contributed by atoms with Gasteiger partial charge in [0.15, 0.2) is 0 Å². The van der Waals surface area contributed by atoms with Crippen molar-refractivity contribution in [1.29, 1.82) is 0 Å². The highest BCUT2D eigenvalue weighted by molar-refractivity contribution is 6.10. The zero-order chi connectivity index (χ0) is 23.9. The van der Waals surface area contributed by atoms with Crippen LogP contribution in [0.3, 0.4) is 0 Å². The first-order valence-electron chi connectivity index (χ1n) is 14.1. The Morgan fingerprint density at radius 2 is 0.824 bits per heavy atom. The second kappa shape index (κ2) is 11.9. The zero-order valence-corrected chi connectivity index (χ0v) is 22.1. The van der Waals surface area contributed by atoms with E-state index in [0.29, 0.717) is 0 Å². The van der Waals surface area contributed by atoms with Crippen LogP contribution < -0.4 is 0 Å². The lowest BCUT2D eigenvalue weighted by Gasteiger charge is -2.19. The summed E-state index contributed by atoms with van der Waals surface area (Å²) in [6.07, 6.45) is 14.8. The Bertz CT molecular complexity index is 1150. The fourth-order valence-electron chi connectivity index (χ4n) is 5.69. The Morgan fingerprint density at radius 1 is 0.441 bits per heavy atom. The molecule has 0 fully saturated rings. The largest absolute Gasteiger partial charge is 0.0654 e. The van der Waals surface area contributed by atoms with E-state index in [1.165, 1.54) is 109 Å². The summed E-state index contributed by atoms with van der Waals surface area (Å²) in [6.45, 7) is 9.24. The van der Waals surface area contributed by atoms with Crippen molar-refractivity contribution < 1.29 is 0 Å². The molecule has 0 aliphatic heterocycles. The first-order valence-corrected chi connectivity index (χ1v) is 14.1. The van der Waals surface area contributed by atoms with E-state index in [4.69, 9.17) is 0 Å². The second-order valence-electron chi connectivity index (χ2n) is 10.3. The molecule has 0 saturated carbocycles. The fourth-order valence-corrected chi connectivity index (χ4v) is 5.69. The molecule has 0 heterocycles. The molecule has 180 valence electrons. The fraction of sp³-hybridized carbons (Fsp3) is 0.471. The third-order valence-electron chi connectivity index (χ3n) is 7.68. The van der Waals surface area contributed by atoms with Gasteiger partial charge in [-0.15, -0.1) is 0 Å². The summed E-state index contributed by atoms with van der Waals surface area (Å²) in [6, 6.07) is 19.4.